The van der Waals surface area contributed by atoms with Gasteiger partial charge in [0.1, 0.15) is 5.54 Å². The van der Waals surface area contributed by atoms with Crippen molar-refractivity contribution in [1.82, 2.24) is 9.78 Å². The molecular weight excluding hydrogens is 347 g/mol. The van der Waals surface area contributed by atoms with E-state index in [1.165, 1.54) is 16.8 Å². The number of nitrogens with one attached hydrogen (secondary N) is 1. The van der Waals surface area contributed by atoms with E-state index in [2.05, 4.69) is 10.4 Å². The maximum Gasteiger partial charge on any atom is 0.416 e. The van der Waals surface area contributed by atoms with Crippen LogP contribution in [-0.4, -0.2) is 22.3 Å². The average Bonchev–Trinajstić information content (AvgIpc) is 3.05. The third kappa shape index (κ3) is 4.43. The van der Waals surface area contributed by atoms with Crippen molar-refractivity contribution in [2.24, 2.45) is 0 Å². The van der Waals surface area contributed by atoms with Crippen LogP contribution in [0.15, 0.2) is 36.7 Å². The van der Waals surface area contributed by atoms with E-state index in [1.807, 2.05) is 13.8 Å². The van der Waals surface area contributed by atoms with Gasteiger partial charge in [0.25, 0.3) is 5.91 Å². The Kier molecular flexibility index (Phi) is 5.75. The van der Waals surface area contributed by atoms with Crippen LogP contribution in [0.5, 0.6) is 0 Å². The number of benzene rings is 1. The van der Waals surface area contributed by atoms with Gasteiger partial charge in [-0.15, -0.1) is 0 Å². The number of hydrogen-bond acceptors (Lipinski definition) is 3. The maximum atomic E-state index is 12.6. The molecule has 0 fully saturated rings. The molecule has 1 aromatic carbocycles. The van der Waals surface area contributed by atoms with Gasteiger partial charge in [-0.1, -0.05) is 0 Å². The van der Waals surface area contributed by atoms with E-state index in [1.54, 1.807) is 26.2 Å². The average molecular weight is 369 g/mol. The molecule has 0 aliphatic heterocycles. The van der Waals surface area contributed by atoms with Gasteiger partial charge in [0.2, 0.25) is 0 Å². The standard InChI is InChI=1S/C18H22F3N3O2/c1-5-26-12(2)13-10-22-24(11-13)17(3,4)16(25)23-15-8-6-14(7-9-15)18(19,20)21/h6-12H,5H2,1-4H3,(H,23,25). The fraction of sp³-hybridized carbons (Fsp3) is 0.444. The van der Waals surface area contributed by atoms with Crippen molar-refractivity contribution in [3.05, 3.63) is 47.8 Å². The summed E-state index contributed by atoms with van der Waals surface area (Å²) in [6.45, 7) is 7.69. The lowest BCUT2D eigenvalue weighted by atomic mass is 10.0. The largest absolute Gasteiger partial charge is 0.416 e. The lowest BCUT2D eigenvalue weighted by molar-refractivity contribution is -0.137. The highest BCUT2D eigenvalue weighted by Gasteiger charge is 2.32. The monoisotopic (exact) mass is 369 g/mol. The van der Waals surface area contributed by atoms with Crippen LogP contribution in [0.3, 0.4) is 0 Å². The van der Waals surface area contributed by atoms with Gasteiger partial charge in [-0.3, -0.25) is 9.48 Å². The second kappa shape index (κ2) is 7.49. The minimum atomic E-state index is -4.41. The van der Waals surface area contributed by atoms with Crippen molar-refractivity contribution in [1.29, 1.82) is 0 Å². The Bertz CT molecular complexity index is 752. The number of hydrogen-bond donors (Lipinski definition) is 1. The van der Waals surface area contributed by atoms with Gasteiger partial charge in [-0.2, -0.15) is 18.3 Å². The highest BCUT2D eigenvalue weighted by molar-refractivity contribution is 5.96. The fourth-order valence-electron chi connectivity index (χ4n) is 2.33. The Hall–Kier alpha value is -2.35. The first-order valence-corrected chi connectivity index (χ1v) is 8.21. The predicted molar refractivity (Wildman–Crippen MR) is 91.7 cm³/mol. The molecule has 5 nitrogen and oxygen atoms in total. The SMILES string of the molecule is CCOC(C)c1cnn(C(C)(C)C(=O)Nc2ccc(C(F)(F)F)cc2)c1. The molecule has 8 heteroatoms. The first kappa shape index (κ1) is 20.0. The van der Waals surface area contributed by atoms with E-state index in [4.69, 9.17) is 4.74 Å². The number of halogens is 3. The van der Waals surface area contributed by atoms with Crippen molar-refractivity contribution in [2.75, 3.05) is 11.9 Å². The van der Waals surface area contributed by atoms with Crippen LogP contribution in [-0.2, 0) is 21.2 Å². The minimum absolute atomic E-state index is 0.150. The number of aromatic nitrogens is 2. The molecule has 1 atom stereocenters. The van der Waals surface area contributed by atoms with Crippen LogP contribution in [0.4, 0.5) is 18.9 Å². The fourth-order valence-corrected chi connectivity index (χ4v) is 2.33. The molecule has 1 heterocycles. The smallest absolute Gasteiger partial charge is 0.374 e. The van der Waals surface area contributed by atoms with E-state index in [-0.39, 0.29) is 11.8 Å². The van der Waals surface area contributed by atoms with Gasteiger partial charge in [0.15, 0.2) is 0 Å². The number of nitrogens with zero attached hydrogens (tertiary/aromatic N) is 2. The van der Waals surface area contributed by atoms with Crippen LogP contribution in [0.1, 0.15) is 44.9 Å². The quantitative estimate of drug-likeness (QED) is 0.822. The molecule has 0 aliphatic rings. The summed E-state index contributed by atoms with van der Waals surface area (Å²) in [6.07, 6.45) is -1.20. The first-order chi connectivity index (χ1) is 12.1. The van der Waals surface area contributed by atoms with Gasteiger partial charge in [0, 0.05) is 24.1 Å². The molecule has 1 aromatic heterocycles. The highest BCUT2D eigenvalue weighted by atomic mass is 19.4. The van der Waals surface area contributed by atoms with E-state index in [9.17, 15) is 18.0 Å². The number of carbonyl (C=O) groups excluding carboxylic acids is 1. The number of rotatable bonds is 6. The molecule has 142 valence electrons. The lowest BCUT2D eigenvalue weighted by Gasteiger charge is -2.24. The van der Waals surface area contributed by atoms with E-state index >= 15 is 0 Å². The highest BCUT2D eigenvalue weighted by Crippen LogP contribution is 2.30. The van der Waals surface area contributed by atoms with Gasteiger partial charge < -0.3 is 10.1 Å². The van der Waals surface area contributed by atoms with Crippen molar-refractivity contribution >= 4 is 11.6 Å². The lowest BCUT2D eigenvalue weighted by Crippen LogP contribution is -2.40. The third-order valence-corrected chi connectivity index (χ3v) is 4.09. The van der Waals surface area contributed by atoms with E-state index < -0.39 is 23.2 Å². The Balaban J connectivity index is 2.12. The summed E-state index contributed by atoms with van der Waals surface area (Å²) in [5, 5.41) is 6.85. The minimum Gasteiger partial charge on any atom is -0.374 e. The summed E-state index contributed by atoms with van der Waals surface area (Å²) in [6, 6.07) is 4.31. The molecule has 0 saturated heterocycles. The van der Waals surface area contributed by atoms with Crippen LogP contribution < -0.4 is 5.32 Å². The summed E-state index contributed by atoms with van der Waals surface area (Å²) in [5.74, 6) is -0.393. The summed E-state index contributed by atoms with van der Waals surface area (Å²) in [4.78, 5) is 12.6. The van der Waals surface area contributed by atoms with Crippen LogP contribution in [0.25, 0.3) is 0 Å². The van der Waals surface area contributed by atoms with Crippen molar-refractivity contribution in [2.45, 2.75) is 45.5 Å². The van der Waals surface area contributed by atoms with Crippen molar-refractivity contribution < 1.29 is 22.7 Å². The van der Waals surface area contributed by atoms with Gasteiger partial charge in [-0.05, 0) is 52.0 Å². The molecular formula is C18H22F3N3O2. The molecule has 0 radical (unpaired) electrons. The number of amides is 1. The molecule has 0 spiro atoms. The second-order valence-corrected chi connectivity index (χ2v) is 6.40. The molecule has 26 heavy (non-hydrogen) atoms. The zero-order valence-electron chi connectivity index (χ0n) is 15.1. The number of carbonyl (C=O) groups is 1. The van der Waals surface area contributed by atoms with Crippen molar-refractivity contribution in [3.63, 3.8) is 0 Å². The molecule has 0 saturated carbocycles. The van der Waals surface area contributed by atoms with Crippen molar-refractivity contribution in [3.8, 4) is 0 Å². The normalized spacial score (nSPS) is 13.5. The molecule has 0 bridgehead atoms. The maximum absolute atomic E-state index is 12.6. The topological polar surface area (TPSA) is 56.2 Å². The van der Waals surface area contributed by atoms with Crippen LogP contribution >= 0.6 is 0 Å². The molecule has 1 unspecified atom stereocenters. The summed E-state index contributed by atoms with van der Waals surface area (Å²) in [5.41, 5.74) is -0.683. The first-order valence-electron chi connectivity index (χ1n) is 8.21. The summed E-state index contributed by atoms with van der Waals surface area (Å²) in [7, 11) is 0. The van der Waals surface area contributed by atoms with Gasteiger partial charge in [0.05, 0.1) is 17.9 Å². The zero-order chi connectivity index (χ0) is 19.5. The molecule has 1 amide bonds. The third-order valence-electron chi connectivity index (χ3n) is 4.09. The Labute approximate surface area is 150 Å². The molecule has 2 rings (SSSR count). The Morgan fingerprint density at radius 1 is 1.27 bits per heavy atom. The summed E-state index contributed by atoms with van der Waals surface area (Å²) < 4.78 is 44.8. The molecule has 2 aromatic rings. The molecule has 1 N–H and O–H groups in total. The summed E-state index contributed by atoms with van der Waals surface area (Å²) >= 11 is 0. The van der Waals surface area contributed by atoms with E-state index in [0.29, 0.717) is 6.61 Å². The zero-order valence-corrected chi connectivity index (χ0v) is 15.1. The Morgan fingerprint density at radius 3 is 2.42 bits per heavy atom. The number of anilines is 1. The predicted octanol–water partition coefficient (Wildman–Crippen LogP) is 4.37. The second-order valence-electron chi connectivity index (χ2n) is 6.40. The van der Waals surface area contributed by atoms with Crippen LogP contribution in [0, 0.1) is 0 Å². The van der Waals surface area contributed by atoms with Crippen LogP contribution in [0.2, 0.25) is 0 Å². The number of ether oxygens (including phenoxy) is 1. The van der Waals surface area contributed by atoms with Gasteiger partial charge in [-0.25, -0.2) is 0 Å². The molecule has 0 aliphatic carbocycles. The Morgan fingerprint density at radius 2 is 1.88 bits per heavy atom. The van der Waals surface area contributed by atoms with E-state index in [0.717, 1.165) is 17.7 Å². The number of alkyl halides is 3. The van der Waals surface area contributed by atoms with Gasteiger partial charge >= 0.3 is 6.18 Å².